The minimum absolute atomic E-state index is 0.0484. The van der Waals surface area contributed by atoms with Gasteiger partial charge in [0, 0.05) is 17.9 Å². The molecule has 3 N–H and O–H groups in total. The van der Waals surface area contributed by atoms with Gasteiger partial charge in [-0.1, -0.05) is 20.8 Å². The van der Waals surface area contributed by atoms with Crippen LogP contribution >= 0.6 is 0 Å². The number of carbonyl (C=O) groups excluding carboxylic acids is 1. The van der Waals surface area contributed by atoms with E-state index in [1.807, 2.05) is 0 Å². The van der Waals surface area contributed by atoms with Crippen LogP contribution in [0.2, 0.25) is 0 Å². The second-order valence-electron chi connectivity index (χ2n) is 6.06. The molecule has 0 aromatic heterocycles. The molecule has 1 aliphatic heterocycles. The largest absolute Gasteiger partial charge is 0.349 e. The van der Waals surface area contributed by atoms with E-state index in [-0.39, 0.29) is 29.5 Å². The Kier molecular flexibility index (Phi) is 4.55. The van der Waals surface area contributed by atoms with E-state index >= 15 is 0 Å². The minimum atomic E-state index is -3.12. The molecule has 0 radical (unpaired) electrons. The van der Waals surface area contributed by atoms with Crippen molar-refractivity contribution in [2.75, 3.05) is 5.75 Å². The van der Waals surface area contributed by atoms with Crippen molar-refractivity contribution in [1.29, 1.82) is 0 Å². The summed E-state index contributed by atoms with van der Waals surface area (Å²) in [5, 5.41) is 3.81. The standard InChI is InChI=1S/C12H22N2O3S/c1-12(2,3)7-9(13)6-11(15)14-10-4-5-18(16,17)8-10/h4-5,9-10H,6-8,13H2,1-3H3,(H,14,15). The van der Waals surface area contributed by atoms with Crippen molar-refractivity contribution in [3.8, 4) is 0 Å². The first-order chi connectivity index (χ1) is 8.07. The van der Waals surface area contributed by atoms with Gasteiger partial charge < -0.3 is 11.1 Å². The van der Waals surface area contributed by atoms with Crippen LogP contribution in [0.4, 0.5) is 0 Å². The van der Waals surface area contributed by atoms with Gasteiger partial charge in [0.2, 0.25) is 5.91 Å². The second kappa shape index (κ2) is 5.40. The van der Waals surface area contributed by atoms with E-state index in [1.54, 1.807) is 0 Å². The second-order valence-corrected chi connectivity index (χ2v) is 7.99. The highest BCUT2D eigenvalue weighted by molar-refractivity contribution is 7.94. The Balaban J connectivity index is 2.37. The molecule has 1 aliphatic rings. The number of hydrogen-bond donors (Lipinski definition) is 2. The third kappa shape index (κ3) is 5.64. The van der Waals surface area contributed by atoms with Gasteiger partial charge in [-0.15, -0.1) is 0 Å². The molecule has 2 unspecified atom stereocenters. The average molecular weight is 274 g/mol. The van der Waals surface area contributed by atoms with Gasteiger partial charge in [-0.05, 0) is 17.9 Å². The quantitative estimate of drug-likeness (QED) is 0.784. The topological polar surface area (TPSA) is 89.3 Å². The maximum atomic E-state index is 11.7. The third-order valence-corrected chi connectivity index (χ3v) is 3.99. The molecule has 0 spiro atoms. The number of hydrogen-bond acceptors (Lipinski definition) is 4. The first-order valence-corrected chi connectivity index (χ1v) is 7.75. The van der Waals surface area contributed by atoms with Gasteiger partial charge in [-0.3, -0.25) is 4.79 Å². The summed E-state index contributed by atoms with van der Waals surface area (Å²) in [7, 11) is -3.12. The molecule has 1 amide bonds. The number of nitrogens with two attached hydrogens (primary N) is 1. The molecule has 1 rings (SSSR count). The highest BCUT2D eigenvalue weighted by Crippen LogP contribution is 2.21. The van der Waals surface area contributed by atoms with Crippen LogP contribution in [0.3, 0.4) is 0 Å². The molecule has 0 saturated carbocycles. The Morgan fingerprint density at radius 1 is 1.50 bits per heavy atom. The predicted molar refractivity (Wildman–Crippen MR) is 71.5 cm³/mol. The molecule has 5 nitrogen and oxygen atoms in total. The van der Waals surface area contributed by atoms with Crippen LogP contribution in [0.1, 0.15) is 33.6 Å². The molecule has 104 valence electrons. The van der Waals surface area contributed by atoms with Crippen LogP contribution < -0.4 is 11.1 Å². The summed E-state index contributed by atoms with van der Waals surface area (Å²) in [4.78, 5) is 11.7. The van der Waals surface area contributed by atoms with E-state index in [2.05, 4.69) is 26.1 Å². The number of sulfone groups is 1. The Labute approximate surface area is 109 Å². The fourth-order valence-corrected chi connectivity index (χ4v) is 3.26. The van der Waals surface area contributed by atoms with Crippen molar-refractivity contribution < 1.29 is 13.2 Å². The van der Waals surface area contributed by atoms with Crippen molar-refractivity contribution in [1.82, 2.24) is 5.32 Å². The molecule has 1 heterocycles. The molecular weight excluding hydrogens is 252 g/mol. The van der Waals surface area contributed by atoms with Gasteiger partial charge in [-0.25, -0.2) is 8.42 Å². The first-order valence-electron chi connectivity index (χ1n) is 6.03. The molecule has 0 aliphatic carbocycles. The monoisotopic (exact) mass is 274 g/mol. The van der Waals surface area contributed by atoms with Gasteiger partial charge in [-0.2, -0.15) is 0 Å². The smallest absolute Gasteiger partial charge is 0.222 e. The van der Waals surface area contributed by atoms with Crippen molar-refractivity contribution in [3.63, 3.8) is 0 Å². The zero-order chi connectivity index (χ0) is 14.0. The highest BCUT2D eigenvalue weighted by atomic mass is 32.2. The van der Waals surface area contributed by atoms with Crippen molar-refractivity contribution >= 4 is 15.7 Å². The maximum Gasteiger partial charge on any atom is 0.222 e. The predicted octanol–water partition coefficient (Wildman–Crippen LogP) is 0.567. The summed E-state index contributed by atoms with van der Waals surface area (Å²) >= 11 is 0. The molecule has 0 saturated heterocycles. The summed E-state index contributed by atoms with van der Waals surface area (Å²) in [6.07, 6.45) is 2.48. The maximum absolute atomic E-state index is 11.7. The number of rotatable bonds is 4. The Bertz CT molecular complexity index is 435. The van der Waals surface area contributed by atoms with Crippen molar-refractivity contribution in [2.45, 2.75) is 45.7 Å². The van der Waals surface area contributed by atoms with Crippen LogP contribution in [-0.2, 0) is 14.6 Å². The van der Waals surface area contributed by atoms with Crippen molar-refractivity contribution in [3.05, 3.63) is 11.5 Å². The van der Waals surface area contributed by atoms with E-state index < -0.39 is 15.9 Å². The molecule has 0 bridgehead atoms. The summed E-state index contributed by atoms with van der Waals surface area (Å²) in [5.74, 6) is -0.244. The summed E-state index contributed by atoms with van der Waals surface area (Å²) in [6.45, 7) is 6.20. The Hall–Kier alpha value is -0.880. The number of nitrogens with one attached hydrogen (secondary N) is 1. The Morgan fingerprint density at radius 2 is 2.11 bits per heavy atom. The van der Waals surface area contributed by atoms with Gasteiger partial charge >= 0.3 is 0 Å². The normalized spacial score (nSPS) is 23.9. The molecule has 2 atom stereocenters. The lowest BCUT2D eigenvalue weighted by atomic mass is 9.87. The van der Waals surface area contributed by atoms with Gasteiger partial charge in [0.15, 0.2) is 9.84 Å². The van der Waals surface area contributed by atoms with Crippen LogP contribution in [0.15, 0.2) is 11.5 Å². The van der Waals surface area contributed by atoms with E-state index in [0.29, 0.717) is 0 Å². The van der Waals surface area contributed by atoms with Crippen LogP contribution in [-0.4, -0.2) is 32.2 Å². The van der Waals surface area contributed by atoms with Crippen LogP contribution in [0.25, 0.3) is 0 Å². The summed E-state index contributed by atoms with van der Waals surface area (Å²) in [6, 6.07) is -0.615. The number of amides is 1. The third-order valence-electron chi connectivity index (χ3n) is 2.60. The van der Waals surface area contributed by atoms with E-state index in [1.165, 1.54) is 6.08 Å². The summed E-state index contributed by atoms with van der Waals surface area (Å²) in [5.41, 5.74) is 5.97. The number of carbonyl (C=O) groups is 1. The fourth-order valence-electron chi connectivity index (χ4n) is 2.03. The molecular formula is C12H22N2O3S. The lowest BCUT2D eigenvalue weighted by Gasteiger charge is -2.23. The Morgan fingerprint density at radius 3 is 2.56 bits per heavy atom. The molecule has 0 aromatic rings. The zero-order valence-corrected chi connectivity index (χ0v) is 12.0. The van der Waals surface area contributed by atoms with Gasteiger partial charge in [0.1, 0.15) is 0 Å². The molecule has 0 aromatic carbocycles. The lowest BCUT2D eigenvalue weighted by molar-refractivity contribution is -0.121. The van der Waals surface area contributed by atoms with Crippen molar-refractivity contribution in [2.24, 2.45) is 11.1 Å². The average Bonchev–Trinajstić information content (AvgIpc) is 2.40. The lowest BCUT2D eigenvalue weighted by Crippen LogP contribution is -2.39. The zero-order valence-electron chi connectivity index (χ0n) is 11.1. The van der Waals surface area contributed by atoms with E-state index in [4.69, 9.17) is 5.73 Å². The molecule has 18 heavy (non-hydrogen) atoms. The summed E-state index contributed by atoms with van der Waals surface area (Å²) < 4.78 is 22.3. The van der Waals surface area contributed by atoms with Gasteiger partial charge in [0.25, 0.3) is 0 Å². The highest BCUT2D eigenvalue weighted by Gasteiger charge is 2.24. The van der Waals surface area contributed by atoms with Crippen LogP contribution in [0, 0.1) is 5.41 Å². The molecule has 0 fully saturated rings. The van der Waals surface area contributed by atoms with E-state index in [9.17, 15) is 13.2 Å². The first kappa shape index (κ1) is 15.2. The minimum Gasteiger partial charge on any atom is -0.349 e. The molecule has 6 heteroatoms. The van der Waals surface area contributed by atoms with E-state index in [0.717, 1.165) is 11.8 Å². The SMILES string of the molecule is CC(C)(C)CC(N)CC(=O)NC1C=CS(=O)(=O)C1. The fraction of sp³-hybridized carbons (Fsp3) is 0.750. The van der Waals surface area contributed by atoms with Gasteiger partial charge in [0.05, 0.1) is 11.8 Å². The van der Waals surface area contributed by atoms with Crippen LogP contribution in [0.5, 0.6) is 0 Å².